The van der Waals surface area contributed by atoms with Crippen LogP contribution in [0.4, 0.5) is 0 Å². The van der Waals surface area contributed by atoms with Gasteiger partial charge < -0.3 is 9.32 Å². The summed E-state index contributed by atoms with van der Waals surface area (Å²) < 4.78 is 5.77. The minimum absolute atomic E-state index is 0.219. The molecule has 0 N–H and O–H groups in total. The van der Waals surface area contributed by atoms with Gasteiger partial charge in [0.05, 0.1) is 12.7 Å². The molecule has 3 aromatic rings. The Balaban J connectivity index is 1.40. The van der Waals surface area contributed by atoms with E-state index < -0.39 is 0 Å². The molecule has 1 fully saturated rings. The molecule has 4 heteroatoms. The summed E-state index contributed by atoms with van der Waals surface area (Å²) in [4.78, 5) is 15.0. The SMILES string of the molecule is O=C(Cc1coc2cc3c(cc12)CCC3)N(Cc1ccsc1)C1CC1. The minimum Gasteiger partial charge on any atom is -0.464 e. The van der Waals surface area contributed by atoms with E-state index in [1.807, 2.05) is 0 Å². The lowest BCUT2D eigenvalue weighted by Crippen LogP contribution is -2.33. The number of carbonyl (C=O) groups excluding carboxylic acids is 1. The van der Waals surface area contributed by atoms with E-state index in [0.717, 1.165) is 48.8 Å². The molecule has 1 saturated carbocycles. The molecule has 3 nitrogen and oxygen atoms in total. The second-order valence-electron chi connectivity index (χ2n) is 7.29. The number of amides is 1. The van der Waals surface area contributed by atoms with Crippen molar-refractivity contribution in [3.8, 4) is 0 Å². The lowest BCUT2D eigenvalue weighted by atomic mass is 10.0. The summed E-state index contributed by atoms with van der Waals surface area (Å²) in [5, 5.41) is 5.34. The lowest BCUT2D eigenvalue weighted by Gasteiger charge is -2.22. The number of hydrogen-bond acceptors (Lipinski definition) is 3. The monoisotopic (exact) mass is 351 g/mol. The standard InChI is InChI=1S/C21H21NO2S/c23-21(22(18-4-5-18)11-14-6-7-25-13-14)10-17-12-24-20-9-16-3-1-2-15(16)8-19(17)20/h6-9,12-13,18H,1-5,10-11H2. The maximum absolute atomic E-state index is 13.0. The fourth-order valence-corrected chi connectivity index (χ4v) is 4.60. The van der Waals surface area contributed by atoms with Crippen LogP contribution >= 0.6 is 11.3 Å². The average Bonchev–Trinajstić information content (AvgIpc) is 3.00. The molecule has 128 valence electrons. The lowest BCUT2D eigenvalue weighted by molar-refractivity contribution is -0.131. The van der Waals surface area contributed by atoms with Crippen molar-refractivity contribution in [2.75, 3.05) is 0 Å². The number of aryl methyl sites for hydroxylation is 2. The number of nitrogens with zero attached hydrogens (tertiary/aromatic N) is 1. The zero-order chi connectivity index (χ0) is 16.8. The number of furan rings is 1. The topological polar surface area (TPSA) is 33.5 Å². The molecule has 0 unspecified atom stereocenters. The third kappa shape index (κ3) is 2.89. The van der Waals surface area contributed by atoms with Crippen LogP contribution in [-0.4, -0.2) is 16.8 Å². The first-order valence-corrected chi connectivity index (χ1v) is 10.0. The summed E-state index contributed by atoms with van der Waals surface area (Å²) in [6, 6.07) is 6.97. The molecule has 0 bridgehead atoms. The first kappa shape index (κ1) is 15.2. The number of fused-ring (bicyclic) bond motifs is 2. The van der Waals surface area contributed by atoms with Crippen LogP contribution in [-0.2, 0) is 30.6 Å². The number of hydrogen-bond donors (Lipinski definition) is 0. The van der Waals surface area contributed by atoms with Gasteiger partial charge in [-0.25, -0.2) is 0 Å². The van der Waals surface area contributed by atoms with Gasteiger partial charge in [-0.05, 0) is 77.8 Å². The Kier molecular flexibility index (Phi) is 3.66. The minimum atomic E-state index is 0.219. The average molecular weight is 351 g/mol. The van der Waals surface area contributed by atoms with E-state index in [1.165, 1.54) is 23.1 Å². The van der Waals surface area contributed by atoms with Gasteiger partial charge in [0.1, 0.15) is 5.58 Å². The molecule has 5 rings (SSSR count). The quantitative estimate of drug-likeness (QED) is 0.666. The van der Waals surface area contributed by atoms with Gasteiger partial charge in [0, 0.05) is 23.5 Å². The normalized spacial score (nSPS) is 16.3. The molecular weight excluding hydrogens is 330 g/mol. The van der Waals surface area contributed by atoms with E-state index in [9.17, 15) is 4.79 Å². The number of thiophene rings is 1. The predicted molar refractivity (Wildman–Crippen MR) is 99.8 cm³/mol. The van der Waals surface area contributed by atoms with Gasteiger partial charge in [0.2, 0.25) is 5.91 Å². The number of carbonyl (C=O) groups is 1. The molecule has 0 aliphatic heterocycles. The van der Waals surface area contributed by atoms with Crippen LogP contribution in [0, 0.1) is 0 Å². The fraction of sp³-hybridized carbons (Fsp3) is 0.381. The summed E-state index contributed by atoms with van der Waals surface area (Å²) >= 11 is 1.69. The first-order chi connectivity index (χ1) is 12.3. The number of rotatable bonds is 5. The predicted octanol–water partition coefficient (Wildman–Crippen LogP) is 4.72. The summed E-state index contributed by atoms with van der Waals surface area (Å²) in [5.41, 5.74) is 6.04. The first-order valence-electron chi connectivity index (χ1n) is 9.10. The highest BCUT2D eigenvalue weighted by Gasteiger charge is 2.33. The Bertz CT molecular complexity index is 921. The zero-order valence-corrected chi connectivity index (χ0v) is 15.0. The van der Waals surface area contributed by atoms with Crippen molar-refractivity contribution in [2.45, 2.75) is 51.1 Å². The third-order valence-electron chi connectivity index (χ3n) is 5.45. The molecule has 0 spiro atoms. The van der Waals surface area contributed by atoms with E-state index in [1.54, 1.807) is 17.6 Å². The van der Waals surface area contributed by atoms with Crippen LogP contribution in [0.15, 0.2) is 39.6 Å². The highest BCUT2D eigenvalue weighted by molar-refractivity contribution is 7.07. The van der Waals surface area contributed by atoms with Crippen LogP contribution < -0.4 is 0 Å². The van der Waals surface area contributed by atoms with Crippen molar-refractivity contribution in [3.05, 3.63) is 57.5 Å². The molecule has 2 aliphatic rings. The maximum atomic E-state index is 13.0. The largest absolute Gasteiger partial charge is 0.464 e. The summed E-state index contributed by atoms with van der Waals surface area (Å²) in [7, 11) is 0. The Hall–Kier alpha value is -2.07. The Labute approximate surface area is 151 Å². The van der Waals surface area contributed by atoms with E-state index in [-0.39, 0.29) is 5.91 Å². The fourth-order valence-electron chi connectivity index (χ4n) is 3.94. The van der Waals surface area contributed by atoms with E-state index in [0.29, 0.717) is 12.5 Å². The molecule has 25 heavy (non-hydrogen) atoms. The van der Waals surface area contributed by atoms with Crippen LogP contribution in [0.2, 0.25) is 0 Å². The van der Waals surface area contributed by atoms with E-state index in [2.05, 4.69) is 33.9 Å². The van der Waals surface area contributed by atoms with E-state index >= 15 is 0 Å². The summed E-state index contributed by atoms with van der Waals surface area (Å²) in [6.07, 6.45) is 8.02. The van der Waals surface area contributed by atoms with E-state index in [4.69, 9.17) is 4.42 Å². The smallest absolute Gasteiger partial charge is 0.227 e. The van der Waals surface area contributed by atoms with Crippen LogP contribution in [0.5, 0.6) is 0 Å². The van der Waals surface area contributed by atoms with Crippen molar-refractivity contribution in [1.82, 2.24) is 4.90 Å². The molecule has 2 aromatic heterocycles. The van der Waals surface area contributed by atoms with Crippen LogP contribution in [0.1, 0.15) is 41.5 Å². The Morgan fingerprint density at radius 1 is 1.24 bits per heavy atom. The van der Waals surface area contributed by atoms with Crippen molar-refractivity contribution in [3.63, 3.8) is 0 Å². The summed E-state index contributed by atoms with van der Waals surface area (Å²) in [6.45, 7) is 0.734. The van der Waals surface area contributed by atoms with Crippen molar-refractivity contribution < 1.29 is 9.21 Å². The Morgan fingerprint density at radius 3 is 2.84 bits per heavy atom. The van der Waals surface area contributed by atoms with Gasteiger partial charge in [0.15, 0.2) is 0 Å². The second-order valence-corrected chi connectivity index (χ2v) is 8.07. The van der Waals surface area contributed by atoms with Gasteiger partial charge in [-0.2, -0.15) is 11.3 Å². The molecule has 2 aliphatic carbocycles. The highest BCUT2D eigenvalue weighted by atomic mass is 32.1. The second kappa shape index (κ2) is 6.03. The van der Waals surface area contributed by atoms with Gasteiger partial charge >= 0.3 is 0 Å². The van der Waals surface area contributed by atoms with Crippen LogP contribution in [0.25, 0.3) is 11.0 Å². The zero-order valence-electron chi connectivity index (χ0n) is 14.2. The highest BCUT2D eigenvalue weighted by Crippen LogP contribution is 2.32. The third-order valence-corrected chi connectivity index (χ3v) is 6.18. The van der Waals surface area contributed by atoms with Gasteiger partial charge in [-0.3, -0.25) is 4.79 Å². The molecule has 1 aromatic carbocycles. The van der Waals surface area contributed by atoms with Crippen molar-refractivity contribution >= 4 is 28.2 Å². The molecule has 1 amide bonds. The van der Waals surface area contributed by atoms with Crippen molar-refractivity contribution in [1.29, 1.82) is 0 Å². The van der Waals surface area contributed by atoms with Gasteiger partial charge in [-0.1, -0.05) is 0 Å². The molecule has 2 heterocycles. The molecule has 0 radical (unpaired) electrons. The van der Waals surface area contributed by atoms with Gasteiger partial charge in [-0.15, -0.1) is 0 Å². The molecule has 0 saturated heterocycles. The van der Waals surface area contributed by atoms with Gasteiger partial charge in [0.25, 0.3) is 0 Å². The molecular formula is C21H21NO2S. The summed E-state index contributed by atoms with van der Waals surface area (Å²) in [5.74, 6) is 0.219. The maximum Gasteiger partial charge on any atom is 0.227 e. The Morgan fingerprint density at radius 2 is 2.08 bits per heavy atom. The number of benzene rings is 1. The molecule has 0 atom stereocenters. The van der Waals surface area contributed by atoms with Crippen molar-refractivity contribution in [2.24, 2.45) is 0 Å². The van der Waals surface area contributed by atoms with Crippen LogP contribution in [0.3, 0.4) is 0 Å².